The number of fused-ring (bicyclic) bond motifs is 3. The molecular formula is C37H31N3O3S. The minimum Gasteiger partial charge on any atom is -0.466 e. The van der Waals surface area contributed by atoms with E-state index in [0.29, 0.717) is 33.6 Å². The third-order valence-electron chi connectivity index (χ3n) is 8.53. The molecule has 1 aliphatic rings. The Bertz CT molecular complexity index is 2280. The lowest BCUT2D eigenvalue weighted by Gasteiger charge is -2.25. The largest absolute Gasteiger partial charge is 0.466 e. The van der Waals surface area contributed by atoms with Crippen molar-refractivity contribution < 1.29 is 9.53 Å². The summed E-state index contributed by atoms with van der Waals surface area (Å²) in [6.45, 7) is 4.79. The minimum absolute atomic E-state index is 0.176. The summed E-state index contributed by atoms with van der Waals surface area (Å²) in [5.41, 5.74) is 6.14. The highest BCUT2D eigenvalue weighted by Crippen LogP contribution is 2.32. The number of hydrogen-bond donors (Lipinski definition) is 0. The fraction of sp³-hybridized carbons (Fsp3) is 0.162. The maximum absolute atomic E-state index is 14.2. The van der Waals surface area contributed by atoms with Gasteiger partial charge in [0.15, 0.2) is 4.80 Å². The summed E-state index contributed by atoms with van der Waals surface area (Å²) < 4.78 is 9.75. The van der Waals surface area contributed by atoms with Crippen LogP contribution in [0.4, 0.5) is 0 Å². The molecule has 2 aromatic heterocycles. The lowest BCUT2D eigenvalue weighted by atomic mass is 9.95. The van der Waals surface area contributed by atoms with E-state index in [0.717, 1.165) is 27.7 Å². The summed E-state index contributed by atoms with van der Waals surface area (Å²) in [6, 6.07) is 32.2. The SMILES string of the molecule is CCC1=C(C(=O)OC)[C@@H](c2ccccc2)n2c(s/c(=C/c3c(C)n(Cc4cccc5ccccc45)c4ccccc34)c2=O)=N1. The van der Waals surface area contributed by atoms with Crippen LogP contribution in [0, 0.1) is 6.92 Å². The number of allylic oxidation sites excluding steroid dienone is 1. The standard InChI is InChI=1S/C37H31N3O3S/c1-4-30-33(36(42)43-3)34(25-14-6-5-7-15-25)40-35(41)32(44-37(40)38-30)21-29-23(2)39(31-20-11-10-19-28(29)31)22-26-17-12-16-24-13-8-9-18-27(24)26/h5-21,34H,4,22H2,1-3H3/b32-21+/t34-/m1/s1. The van der Waals surface area contributed by atoms with Gasteiger partial charge in [-0.25, -0.2) is 9.79 Å². The molecule has 0 radical (unpaired) electrons. The number of carbonyl (C=O) groups is 1. The Balaban J connectivity index is 1.43. The molecule has 7 rings (SSSR count). The van der Waals surface area contributed by atoms with Gasteiger partial charge in [-0.2, -0.15) is 0 Å². The van der Waals surface area contributed by atoms with Crippen LogP contribution in [0.15, 0.2) is 118 Å². The lowest BCUT2D eigenvalue weighted by molar-refractivity contribution is -0.136. The van der Waals surface area contributed by atoms with Crippen LogP contribution in [-0.4, -0.2) is 22.2 Å². The number of rotatable bonds is 6. The highest BCUT2D eigenvalue weighted by atomic mass is 32.1. The van der Waals surface area contributed by atoms with E-state index in [-0.39, 0.29) is 5.56 Å². The molecule has 6 aromatic rings. The number of methoxy groups -OCH3 is 1. The van der Waals surface area contributed by atoms with Gasteiger partial charge < -0.3 is 9.30 Å². The van der Waals surface area contributed by atoms with Gasteiger partial charge in [0.1, 0.15) is 0 Å². The first-order valence-corrected chi connectivity index (χ1v) is 15.5. The van der Waals surface area contributed by atoms with Gasteiger partial charge in [-0.1, -0.05) is 109 Å². The van der Waals surface area contributed by atoms with E-state index in [4.69, 9.17) is 9.73 Å². The van der Waals surface area contributed by atoms with Crippen molar-refractivity contribution in [3.63, 3.8) is 0 Å². The number of carbonyl (C=O) groups excluding carboxylic acids is 1. The number of aromatic nitrogens is 2. The number of hydrogen-bond acceptors (Lipinski definition) is 5. The zero-order valence-corrected chi connectivity index (χ0v) is 25.6. The van der Waals surface area contributed by atoms with Gasteiger partial charge in [-0.15, -0.1) is 0 Å². The van der Waals surface area contributed by atoms with Crippen molar-refractivity contribution in [2.24, 2.45) is 4.99 Å². The Hall–Kier alpha value is -5.01. The molecule has 0 fully saturated rings. The number of esters is 1. The van der Waals surface area contributed by atoms with Crippen LogP contribution >= 0.6 is 11.3 Å². The zero-order chi connectivity index (χ0) is 30.4. The van der Waals surface area contributed by atoms with Crippen molar-refractivity contribution in [2.75, 3.05) is 7.11 Å². The van der Waals surface area contributed by atoms with Gasteiger partial charge in [-0.05, 0) is 47.4 Å². The van der Waals surface area contributed by atoms with Crippen LogP contribution in [0.2, 0.25) is 0 Å². The van der Waals surface area contributed by atoms with E-state index in [1.54, 1.807) is 4.57 Å². The van der Waals surface area contributed by atoms with Gasteiger partial charge in [0.2, 0.25) is 0 Å². The van der Waals surface area contributed by atoms with Crippen molar-refractivity contribution in [1.29, 1.82) is 0 Å². The maximum atomic E-state index is 14.2. The summed E-state index contributed by atoms with van der Waals surface area (Å²) in [5, 5.41) is 3.53. The molecule has 0 aliphatic carbocycles. The summed E-state index contributed by atoms with van der Waals surface area (Å²) in [4.78, 5) is 32.8. The third kappa shape index (κ3) is 4.52. The Labute approximate surface area is 258 Å². The Morgan fingerprint density at radius 3 is 2.41 bits per heavy atom. The highest BCUT2D eigenvalue weighted by Gasteiger charge is 2.33. The van der Waals surface area contributed by atoms with Crippen LogP contribution in [0.25, 0.3) is 27.8 Å². The van der Waals surface area contributed by atoms with Crippen LogP contribution < -0.4 is 14.9 Å². The van der Waals surface area contributed by atoms with E-state index in [1.165, 1.54) is 34.8 Å². The molecule has 218 valence electrons. The molecular weight excluding hydrogens is 566 g/mol. The van der Waals surface area contributed by atoms with Gasteiger partial charge in [0, 0.05) is 28.7 Å². The average molecular weight is 598 g/mol. The van der Waals surface area contributed by atoms with Crippen LogP contribution in [0.1, 0.15) is 41.8 Å². The number of para-hydroxylation sites is 1. The molecule has 1 atom stereocenters. The fourth-order valence-electron chi connectivity index (χ4n) is 6.39. The first kappa shape index (κ1) is 27.8. The molecule has 0 saturated carbocycles. The van der Waals surface area contributed by atoms with Crippen molar-refractivity contribution in [3.8, 4) is 0 Å². The zero-order valence-electron chi connectivity index (χ0n) is 24.8. The number of ether oxygens (including phenoxy) is 1. The third-order valence-corrected chi connectivity index (χ3v) is 9.51. The smallest absolute Gasteiger partial charge is 0.338 e. The maximum Gasteiger partial charge on any atom is 0.338 e. The Morgan fingerprint density at radius 2 is 1.64 bits per heavy atom. The van der Waals surface area contributed by atoms with E-state index in [1.807, 2.05) is 49.4 Å². The molecule has 6 nitrogen and oxygen atoms in total. The fourth-order valence-corrected chi connectivity index (χ4v) is 7.39. The van der Waals surface area contributed by atoms with Crippen LogP contribution in [0.3, 0.4) is 0 Å². The van der Waals surface area contributed by atoms with Crippen LogP contribution in [0.5, 0.6) is 0 Å². The molecule has 0 bridgehead atoms. The lowest BCUT2D eigenvalue weighted by Crippen LogP contribution is -2.40. The Kier molecular flexibility index (Phi) is 7.10. The van der Waals surface area contributed by atoms with Crippen molar-refractivity contribution in [1.82, 2.24) is 9.13 Å². The second-order valence-electron chi connectivity index (χ2n) is 10.9. The first-order chi connectivity index (χ1) is 21.5. The molecule has 0 spiro atoms. The normalized spacial score (nSPS) is 15.1. The summed E-state index contributed by atoms with van der Waals surface area (Å²) in [6.07, 6.45) is 2.54. The van der Waals surface area contributed by atoms with Crippen molar-refractivity contribution in [2.45, 2.75) is 32.9 Å². The minimum atomic E-state index is -0.620. The number of thiazole rings is 1. The first-order valence-electron chi connectivity index (χ1n) is 14.7. The number of benzene rings is 4. The van der Waals surface area contributed by atoms with Crippen molar-refractivity contribution >= 4 is 45.1 Å². The molecule has 1 aliphatic heterocycles. The second kappa shape index (κ2) is 11.2. The second-order valence-corrected chi connectivity index (χ2v) is 11.9. The predicted octanol–water partition coefficient (Wildman–Crippen LogP) is 6.26. The summed E-state index contributed by atoms with van der Waals surface area (Å²) in [7, 11) is 1.37. The average Bonchev–Trinajstić information content (AvgIpc) is 3.52. The van der Waals surface area contributed by atoms with E-state index in [9.17, 15) is 9.59 Å². The molecule has 4 aromatic carbocycles. The Morgan fingerprint density at radius 1 is 0.932 bits per heavy atom. The van der Waals surface area contributed by atoms with Gasteiger partial charge in [-0.3, -0.25) is 9.36 Å². The molecule has 44 heavy (non-hydrogen) atoms. The van der Waals surface area contributed by atoms with E-state index < -0.39 is 12.0 Å². The summed E-state index contributed by atoms with van der Waals surface area (Å²) in [5.74, 6) is -0.471. The molecule has 0 unspecified atom stereocenters. The van der Waals surface area contributed by atoms with E-state index in [2.05, 4.69) is 72.2 Å². The number of nitrogens with zero attached hydrogens (tertiary/aromatic N) is 3. The monoisotopic (exact) mass is 597 g/mol. The molecule has 3 heterocycles. The van der Waals surface area contributed by atoms with Gasteiger partial charge >= 0.3 is 5.97 Å². The molecule has 7 heteroatoms. The molecule has 0 saturated heterocycles. The quantitative estimate of drug-likeness (QED) is 0.213. The van der Waals surface area contributed by atoms with E-state index >= 15 is 0 Å². The van der Waals surface area contributed by atoms with Gasteiger partial charge in [0.05, 0.1) is 29.0 Å². The molecule has 0 N–H and O–H groups in total. The van der Waals surface area contributed by atoms with Gasteiger partial charge in [0.25, 0.3) is 5.56 Å². The topological polar surface area (TPSA) is 65.6 Å². The highest BCUT2D eigenvalue weighted by molar-refractivity contribution is 7.07. The summed E-state index contributed by atoms with van der Waals surface area (Å²) >= 11 is 1.36. The van der Waals surface area contributed by atoms with Crippen LogP contribution in [-0.2, 0) is 16.1 Å². The van der Waals surface area contributed by atoms with Crippen molar-refractivity contribution in [3.05, 3.63) is 150 Å². The predicted molar refractivity (Wildman–Crippen MR) is 177 cm³/mol. The molecule has 0 amide bonds.